The lowest BCUT2D eigenvalue weighted by Gasteiger charge is -2.20. The zero-order chi connectivity index (χ0) is 9.42. The third-order valence-electron chi connectivity index (χ3n) is 1.94. The Hall–Kier alpha value is -1.03. The Bertz CT molecular complexity index is 348. The molecule has 1 aromatic rings. The van der Waals surface area contributed by atoms with Gasteiger partial charge in [-0.2, -0.15) is 5.10 Å². The number of carbonyl (C=O) groups is 1. The van der Waals surface area contributed by atoms with Crippen molar-refractivity contribution in [2.24, 2.45) is 5.92 Å². The second kappa shape index (κ2) is 3.03. The van der Waals surface area contributed by atoms with Crippen molar-refractivity contribution in [2.75, 3.05) is 6.61 Å². The van der Waals surface area contributed by atoms with Crippen LogP contribution in [0.3, 0.4) is 0 Å². The number of hydrogen-bond acceptors (Lipinski definition) is 3. The maximum Gasteiger partial charge on any atom is 0.272 e. The van der Waals surface area contributed by atoms with Crippen LogP contribution in [0.15, 0.2) is 6.07 Å². The quantitative estimate of drug-likeness (QED) is 0.642. The van der Waals surface area contributed by atoms with Crippen LogP contribution in [0.5, 0.6) is 5.88 Å². The van der Waals surface area contributed by atoms with Gasteiger partial charge in [-0.05, 0) is 11.6 Å². The molecular weight excluding hydrogens is 192 g/mol. The van der Waals surface area contributed by atoms with Gasteiger partial charge in [0.2, 0.25) is 5.88 Å². The standard InChI is InChI=1S/C8H9ClN2O2/c1-5-3-11-7(13-4-5)2-6(10-11)8(9)12/h2,5H,3-4H2,1H3/t5-/m0/s1. The molecule has 0 radical (unpaired) electrons. The lowest BCUT2D eigenvalue weighted by molar-refractivity contribution is 0.107. The zero-order valence-corrected chi connectivity index (χ0v) is 7.91. The molecule has 2 heterocycles. The molecule has 4 nitrogen and oxygen atoms in total. The maximum atomic E-state index is 10.8. The van der Waals surface area contributed by atoms with Crippen molar-refractivity contribution < 1.29 is 9.53 Å². The van der Waals surface area contributed by atoms with Gasteiger partial charge >= 0.3 is 0 Å². The Morgan fingerprint density at radius 2 is 2.62 bits per heavy atom. The first-order chi connectivity index (χ1) is 6.16. The molecule has 0 saturated carbocycles. The first-order valence-corrected chi connectivity index (χ1v) is 4.45. The van der Waals surface area contributed by atoms with Crippen LogP contribution in [0.1, 0.15) is 17.4 Å². The molecule has 5 heteroatoms. The van der Waals surface area contributed by atoms with Gasteiger partial charge in [0.15, 0.2) is 0 Å². The van der Waals surface area contributed by atoms with Gasteiger partial charge in [0, 0.05) is 12.0 Å². The summed E-state index contributed by atoms with van der Waals surface area (Å²) in [6.07, 6.45) is 0. The van der Waals surface area contributed by atoms with Crippen molar-refractivity contribution in [1.82, 2.24) is 9.78 Å². The van der Waals surface area contributed by atoms with E-state index in [9.17, 15) is 4.79 Å². The fraction of sp³-hybridized carbons (Fsp3) is 0.500. The van der Waals surface area contributed by atoms with Gasteiger partial charge in [-0.3, -0.25) is 4.79 Å². The Labute approximate surface area is 80.4 Å². The van der Waals surface area contributed by atoms with Gasteiger partial charge in [0.25, 0.3) is 5.24 Å². The topological polar surface area (TPSA) is 44.1 Å². The van der Waals surface area contributed by atoms with Gasteiger partial charge in [0.05, 0.1) is 13.2 Å². The number of ether oxygens (including phenoxy) is 1. The van der Waals surface area contributed by atoms with Crippen LogP contribution in [0.4, 0.5) is 0 Å². The summed E-state index contributed by atoms with van der Waals surface area (Å²) in [6, 6.07) is 1.57. The molecule has 1 aliphatic rings. The van der Waals surface area contributed by atoms with E-state index < -0.39 is 5.24 Å². The number of carbonyl (C=O) groups excluding carboxylic acids is 1. The molecule has 0 bridgehead atoms. The molecule has 0 aromatic carbocycles. The lowest BCUT2D eigenvalue weighted by atomic mass is 10.2. The van der Waals surface area contributed by atoms with Crippen LogP contribution < -0.4 is 4.74 Å². The summed E-state index contributed by atoms with van der Waals surface area (Å²) in [5, 5.41) is 3.47. The summed E-state index contributed by atoms with van der Waals surface area (Å²) < 4.78 is 7.03. The lowest BCUT2D eigenvalue weighted by Crippen LogP contribution is -2.23. The molecule has 0 saturated heterocycles. The summed E-state index contributed by atoms with van der Waals surface area (Å²) in [5.41, 5.74) is 0.255. The average Bonchev–Trinajstić information content (AvgIpc) is 2.46. The van der Waals surface area contributed by atoms with E-state index >= 15 is 0 Å². The molecule has 0 N–H and O–H groups in total. The van der Waals surface area contributed by atoms with E-state index in [-0.39, 0.29) is 5.69 Å². The average molecular weight is 201 g/mol. The van der Waals surface area contributed by atoms with Crippen LogP contribution in [0.2, 0.25) is 0 Å². The normalized spacial score (nSPS) is 20.6. The highest BCUT2D eigenvalue weighted by molar-refractivity contribution is 6.67. The molecule has 1 aromatic heterocycles. The van der Waals surface area contributed by atoms with E-state index in [1.807, 2.05) is 0 Å². The Kier molecular flexibility index (Phi) is 2.00. The molecule has 1 aliphatic heterocycles. The van der Waals surface area contributed by atoms with Gasteiger partial charge in [-0.15, -0.1) is 0 Å². The fourth-order valence-corrected chi connectivity index (χ4v) is 1.41. The minimum Gasteiger partial charge on any atom is -0.477 e. The predicted octanol–water partition coefficient (Wildman–Crippen LogP) is 1.29. The van der Waals surface area contributed by atoms with Gasteiger partial charge in [0.1, 0.15) is 5.69 Å². The number of nitrogens with zero attached hydrogens (tertiary/aromatic N) is 2. The second-order valence-corrected chi connectivity index (χ2v) is 3.58. The molecule has 2 rings (SSSR count). The number of fused-ring (bicyclic) bond motifs is 1. The van der Waals surface area contributed by atoms with Crippen molar-refractivity contribution in [3.63, 3.8) is 0 Å². The third-order valence-corrected chi connectivity index (χ3v) is 2.14. The van der Waals surface area contributed by atoms with E-state index in [4.69, 9.17) is 16.3 Å². The molecule has 13 heavy (non-hydrogen) atoms. The predicted molar refractivity (Wildman–Crippen MR) is 47.1 cm³/mol. The van der Waals surface area contributed by atoms with Crippen LogP contribution in [-0.2, 0) is 6.54 Å². The summed E-state index contributed by atoms with van der Waals surface area (Å²) >= 11 is 5.29. The maximum absolute atomic E-state index is 10.8. The van der Waals surface area contributed by atoms with Gasteiger partial charge in [-0.1, -0.05) is 6.92 Å². The summed E-state index contributed by atoms with van der Waals surface area (Å²) in [5.74, 6) is 1.05. The highest BCUT2D eigenvalue weighted by Crippen LogP contribution is 2.21. The highest BCUT2D eigenvalue weighted by atomic mass is 35.5. The van der Waals surface area contributed by atoms with E-state index in [1.54, 1.807) is 10.7 Å². The molecule has 0 amide bonds. The SMILES string of the molecule is C[C@@H]1COc2cc(C(=O)Cl)nn2C1. The van der Waals surface area contributed by atoms with Crippen LogP contribution >= 0.6 is 11.6 Å². The Morgan fingerprint density at radius 3 is 3.31 bits per heavy atom. The monoisotopic (exact) mass is 200 g/mol. The first kappa shape index (κ1) is 8.56. The van der Waals surface area contributed by atoms with E-state index in [0.29, 0.717) is 18.4 Å². The van der Waals surface area contributed by atoms with Crippen molar-refractivity contribution in [3.05, 3.63) is 11.8 Å². The third kappa shape index (κ3) is 1.54. The van der Waals surface area contributed by atoms with Crippen molar-refractivity contribution >= 4 is 16.8 Å². The molecule has 70 valence electrons. The smallest absolute Gasteiger partial charge is 0.272 e. The summed E-state index contributed by atoms with van der Waals surface area (Å²) in [7, 11) is 0. The summed E-state index contributed by atoms with van der Waals surface area (Å²) in [6.45, 7) is 3.51. The number of rotatable bonds is 1. The number of aromatic nitrogens is 2. The fourth-order valence-electron chi connectivity index (χ4n) is 1.32. The Balaban J connectivity index is 2.33. The molecule has 0 spiro atoms. The highest BCUT2D eigenvalue weighted by Gasteiger charge is 2.20. The van der Waals surface area contributed by atoms with Crippen LogP contribution in [0.25, 0.3) is 0 Å². The summed E-state index contributed by atoms with van der Waals surface area (Å²) in [4.78, 5) is 10.8. The largest absolute Gasteiger partial charge is 0.477 e. The first-order valence-electron chi connectivity index (χ1n) is 4.07. The van der Waals surface area contributed by atoms with Crippen molar-refractivity contribution in [1.29, 1.82) is 0 Å². The number of hydrogen-bond donors (Lipinski definition) is 0. The molecule has 0 unspecified atom stereocenters. The van der Waals surface area contributed by atoms with Crippen molar-refractivity contribution in [2.45, 2.75) is 13.5 Å². The molecule has 0 fully saturated rings. The van der Waals surface area contributed by atoms with E-state index in [0.717, 1.165) is 6.54 Å². The van der Waals surface area contributed by atoms with Crippen LogP contribution in [-0.4, -0.2) is 21.6 Å². The second-order valence-electron chi connectivity index (χ2n) is 3.24. The van der Waals surface area contributed by atoms with Crippen molar-refractivity contribution in [3.8, 4) is 5.88 Å². The molecule has 0 aliphatic carbocycles. The number of halogens is 1. The minimum absolute atomic E-state index is 0.255. The van der Waals surface area contributed by atoms with E-state index in [2.05, 4.69) is 12.0 Å². The molecular formula is C8H9ClN2O2. The Morgan fingerprint density at radius 1 is 1.85 bits per heavy atom. The molecule has 1 atom stereocenters. The van der Waals surface area contributed by atoms with Gasteiger partial charge < -0.3 is 4.74 Å². The zero-order valence-electron chi connectivity index (χ0n) is 7.16. The van der Waals surface area contributed by atoms with E-state index in [1.165, 1.54) is 0 Å². The van der Waals surface area contributed by atoms with Crippen LogP contribution in [0, 0.1) is 5.92 Å². The minimum atomic E-state index is -0.543. The van der Waals surface area contributed by atoms with Gasteiger partial charge in [-0.25, -0.2) is 4.68 Å².